The molecule has 7 heteroatoms. The van der Waals surface area contributed by atoms with Gasteiger partial charge in [-0.3, -0.25) is 0 Å². The summed E-state index contributed by atoms with van der Waals surface area (Å²) < 4.78 is 0. The number of aliphatic hydroxyl groups is 1. The zero-order chi connectivity index (χ0) is 12.8. The second-order valence-corrected chi connectivity index (χ2v) is 5.53. The Hall–Kier alpha value is -0.950. The van der Waals surface area contributed by atoms with Crippen LogP contribution in [0.15, 0.2) is 0 Å². The number of thioether (sulfide) groups is 1. The molecule has 2 unspecified atom stereocenters. The molecule has 0 aromatic carbocycles. The van der Waals surface area contributed by atoms with Crippen LogP contribution in [0.4, 0.5) is 4.79 Å². The second kappa shape index (κ2) is 6.70. The van der Waals surface area contributed by atoms with Gasteiger partial charge >= 0.3 is 12.0 Å². The number of carbonyl (C=O) groups excluding carboxylic acids is 1. The van der Waals surface area contributed by atoms with Crippen molar-refractivity contribution in [2.75, 3.05) is 25.4 Å². The van der Waals surface area contributed by atoms with Crippen molar-refractivity contribution in [1.82, 2.24) is 10.2 Å². The number of rotatable bonds is 4. The molecule has 1 fully saturated rings. The molecular weight excluding hydrogens is 244 g/mol. The molecule has 1 saturated heterocycles. The van der Waals surface area contributed by atoms with Crippen LogP contribution in [0.25, 0.3) is 0 Å². The van der Waals surface area contributed by atoms with Crippen LogP contribution in [0.1, 0.15) is 13.3 Å². The van der Waals surface area contributed by atoms with Crippen molar-refractivity contribution in [3.8, 4) is 0 Å². The molecule has 1 aliphatic rings. The molecule has 0 radical (unpaired) electrons. The van der Waals surface area contributed by atoms with Crippen molar-refractivity contribution in [1.29, 1.82) is 0 Å². The minimum Gasteiger partial charge on any atom is -0.480 e. The first kappa shape index (κ1) is 14.1. The van der Waals surface area contributed by atoms with Crippen molar-refractivity contribution < 1.29 is 19.8 Å². The van der Waals surface area contributed by atoms with Crippen LogP contribution in [-0.2, 0) is 4.79 Å². The molecular formula is C10H18N2O4S. The van der Waals surface area contributed by atoms with E-state index in [0.717, 1.165) is 5.75 Å². The lowest BCUT2D eigenvalue weighted by Crippen LogP contribution is -2.51. The van der Waals surface area contributed by atoms with Crippen LogP contribution in [0.3, 0.4) is 0 Å². The number of aliphatic hydroxyl groups excluding tert-OH is 1. The molecule has 98 valence electrons. The molecule has 1 rings (SSSR count). The van der Waals surface area contributed by atoms with E-state index in [-0.39, 0.29) is 19.1 Å². The number of amides is 2. The third-order valence-electron chi connectivity index (χ3n) is 2.54. The average molecular weight is 262 g/mol. The van der Waals surface area contributed by atoms with E-state index in [0.29, 0.717) is 18.3 Å². The van der Waals surface area contributed by atoms with E-state index in [2.05, 4.69) is 5.32 Å². The lowest BCUT2D eigenvalue weighted by atomic mass is 10.2. The van der Waals surface area contributed by atoms with Gasteiger partial charge in [-0.05, 0) is 0 Å². The zero-order valence-corrected chi connectivity index (χ0v) is 10.6. The summed E-state index contributed by atoms with van der Waals surface area (Å²) in [6.45, 7) is 3.03. The molecule has 6 nitrogen and oxygen atoms in total. The van der Waals surface area contributed by atoms with Gasteiger partial charge in [-0.15, -0.1) is 0 Å². The minimum atomic E-state index is -1.12. The molecule has 0 spiro atoms. The smallest absolute Gasteiger partial charge is 0.326 e. The van der Waals surface area contributed by atoms with Gasteiger partial charge in [0, 0.05) is 37.1 Å². The van der Waals surface area contributed by atoms with Crippen LogP contribution in [-0.4, -0.2) is 63.9 Å². The van der Waals surface area contributed by atoms with Crippen molar-refractivity contribution in [2.24, 2.45) is 0 Å². The molecule has 1 heterocycles. The number of carboxylic acid groups (broad SMARTS) is 1. The Morgan fingerprint density at radius 1 is 1.59 bits per heavy atom. The predicted molar refractivity (Wildman–Crippen MR) is 65.2 cm³/mol. The first-order valence-electron chi connectivity index (χ1n) is 5.55. The number of nitrogens with one attached hydrogen (secondary N) is 1. The van der Waals surface area contributed by atoms with Gasteiger partial charge in [0.2, 0.25) is 0 Å². The Bertz CT molecular complexity index is 287. The van der Waals surface area contributed by atoms with Gasteiger partial charge in [0.15, 0.2) is 0 Å². The summed E-state index contributed by atoms with van der Waals surface area (Å²) in [5.74, 6) is -0.251. The van der Waals surface area contributed by atoms with Crippen molar-refractivity contribution in [3.63, 3.8) is 0 Å². The summed E-state index contributed by atoms with van der Waals surface area (Å²) >= 11 is 1.80. The topological polar surface area (TPSA) is 89.9 Å². The van der Waals surface area contributed by atoms with Gasteiger partial charge in [0.1, 0.15) is 6.04 Å². The third-order valence-corrected chi connectivity index (χ3v) is 3.68. The maximum absolute atomic E-state index is 11.8. The molecule has 0 aromatic rings. The van der Waals surface area contributed by atoms with Crippen LogP contribution in [0.2, 0.25) is 0 Å². The number of carbonyl (C=O) groups is 2. The number of hydrogen-bond acceptors (Lipinski definition) is 4. The number of carboxylic acids is 1. The van der Waals surface area contributed by atoms with Gasteiger partial charge in [0.05, 0.1) is 0 Å². The molecule has 2 atom stereocenters. The Labute approximate surface area is 104 Å². The van der Waals surface area contributed by atoms with Crippen molar-refractivity contribution in [3.05, 3.63) is 0 Å². The zero-order valence-electron chi connectivity index (χ0n) is 9.76. The summed E-state index contributed by atoms with van der Waals surface area (Å²) in [7, 11) is 0. The van der Waals surface area contributed by atoms with E-state index in [1.807, 2.05) is 6.92 Å². The maximum Gasteiger partial charge on any atom is 0.326 e. The maximum atomic E-state index is 11.8. The number of hydrogen-bond donors (Lipinski definition) is 3. The SMILES string of the molecule is CC1CN(C(=O)NC(CCO)C(=O)O)CCS1. The third kappa shape index (κ3) is 4.43. The molecule has 0 bridgehead atoms. The highest BCUT2D eigenvalue weighted by Gasteiger charge is 2.25. The second-order valence-electron chi connectivity index (χ2n) is 3.98. The largest absolute Gasteiger partial charge is 0.480 e. The first-order chi connectivity index (χ1) is 8.04. The lowest BCUT2D eigenvalue weighted by molar-refractivity contribution is -0.139. The lowest BCUT2D eigenvalue weighted by Gasteiger charge is -2.31. The summed E-state index contributed by atoms with van der Waals surface area (Å²) in [5.41, 5.74) is 0. The molecule has 2 amide bonds. The van der Waals surface area contributed by atoms with E-state index in [1.54, 1.807) is 16.7 Å². The number of aliphatic carboxylic acids is 1. The highest BCUT2D eigenvalue weighted by Crippen LogP contribution is 2.17. The van der Waals surface area contributed by atoms with Gasteiger partial charge < -0.3 is 20.4 Å². The van der Waals surface area contributed by atoms with Gasteiger partial charge in [-0.1, -0.05) is 6.92 Å². The first-order valence-corrected chi connectivity index (χ1v) is 6.60. The summed E-state index contributed by atoms with van der Waals surface area (Å²) in [6.07, 6.45) is 0.0270. The van der Waals surface area contributed by atoms with Crippen LogP contribution < -0.4 is 5.32 Å². The highest BCUT2D eigenvalue weighted by molar-refractivity contribution is 7.99. The quantitative estimate of drug-likeness (QED) is 0.662. The Kier molecular flexibility index (Phi) is 5.57. The van der Waals surface area contributed by atoms with E-state index in [9.17, 15) is 9.59 Å². The summed E-state index contributed by atoms with van der Waals surface area (Å²) in [5, 5.41) is 20.4. The van der Waals surface area contributed by atoms with Crippen molar-refractivity contribution in [2.45, 2.75) is 24.6 Å². The van der Waals surface area contributed by atoms with Crippen LogP contribution in [0.5, 0.6) is 0 Å². The summed E-state index contributed by atoms with van der Waals surface area (Å²) in [4.78, 5) is 24.2. The Balaban J connectivity index is 2.48. The molecule has 0 aromatic heterocycles. The molecule has 17 heavy (non-hydrogen) atoms. The van der Waals surface area contributed by atoms with Crippen LogP contribution in [0, 0.1) is 0 Å². The highest BCUT2D eigenvalue weighted by atomic mass is 32.2. The molecule has 0 aliphatic carbocycles. The fourth-order valence-corrected chi connectivity index (χ4v) is 2.64. The standard InChI is InChI=1S/C10H18N2O4S/c1-7-6-12(3-5-17-7)10(16)11-8(2-4-13)9(14)15/h7-8,13H,2-6H2,1H3,(H,11,16)(H,14,15). The van der Waals surface area contributed by atoms with Crippen LogP contribution >= 0.6 is 11.8 Å². The fraction of sp³-hybridized carbons (Fsp3) is 0.800. The van der Waals surface area contributed by atoms with E-state index in [1.165, 1.54) is 0 Å². The van der Waals surface area contributed by atoms with Gasteiger partial charge in [-0.25, -0.2) is 9.59 Å². The number of urea groups is 1. The van der Waals surface area contributed by atoms with Crippen molar-refractivity contribution >= 4 is 23.8 Å². The van der Waals surface area contributed by atoms with E-state index in [4.69, 9.17) is 10.2 Å². The Morgan fingerprint density at radius 3 is 2.82 bits per heavy atom. The fourth-order valence-electron chi connectivity index (χ4n) is 1.63. The van der Waals surface area contributed by atoms with E-state index >= 15 is 0 Å². The normalized spacial score (nSPS) is 22.0. The molecule has 1 aliphatic heterocycles. The molecule has 3 N–H and O–H groups in total. The van der Waals surface area contributed by atoms with E-state index < -0.39 is 12.0 Å². The van der Waals surface area contributed by atoms with Gasteiger partial charge in [0.25, 0.3) is 0 Å². The monoisotopic (exact) mass is 262 g/mol. The molecule has 0 saturated carbocycles. The number of nitrogens with zero attached hydrogens (tertiary/aromatic N) is 1. The summed E-state index contributed by atoms with van der Waals surface area (Å²) in [6, 6.07) is -1.38. The Morgan fingerprint density at radius 2 is 2.29 bits per heavy atom. The minimum absolute atomic E-state index is 0.0270. The predicted octanol–water partition coefficient (Wildman–Crippen LogP) is -0.0311. The average Bonchev–Trinajstić information content (AvgIpc) is 2.28. The van der Waals surface area contributed by atoms with Gasteiger partial charge in [-0.2, -0.15) is 11.8 Å².